The minimum absolute atomic E-state index is 0.00912. The van der Waals surface area contributed by atoms with Gasteiger partial charge in [-0.3, -0.25) is 4.90 Å². The highest BCUT2D eigenvalue weighted by Crippen LogP contribution is 2.26. The first-order chi connectivity index (χ1) is 12.5. The van der Waals surface area contributed by atoms with Crippen molar-refractivity contribution in [3.63, 3.8) is 0 Å². The third-order valence-electron chi connectivity index (χ3n) is 5.15. The maximum Gasteiger partial charge on any atom is 0.358 e. The third kappa shape index (κ3) is 3.22. The van der Waals surface area contributed by atoms with Gasteiger partial charge in [0.1, 0.15) is 11.3 Å². The monoisotopic (exact) mass is 354 g/mol. The second-order valence-corrected chi connectivity index (χ2v) is 7.11. The third-order valence-corrected chi connectivity index (χ3v) is 5.15. The van der Waals surface area contributed by atoms with Crippen LogP contribution in [0, 0.1) is 13.8 Å². The number of benzene rings is 1. The van der Waals surface area contributed by atoms with E-state index in [1.807, 2.05) is 0 Å². The molecule has 7 heteroatoms. The molecule has 0 saturated carbocycles. The van der Waals surface area contributed by atoms with Crippen molar-refractivity contribution >= 4 is 16.9 Å². The van der Waals surface area contributed by atoms with Crippen LogP contribution in [0.4, 0.5) is 0 Å². The Morgan fingerprint density at radius 2 is 2.12 bits per heavy atom. The van der Waals surface area contributed by atoms with Crippen molar-refractivity contribution in [2.24, 2.45) is 0 Å². The van der Waals surface area contributed by atoms with E-state index < -0.39 is 5.97 Å². The molecule has 0 spiro atoms. The SMILES string of the molecule is Cc1cc2cc(CN3CCCC(n4cc(C(=O)O)nn4)C3)oc2cc1C. The van der Waals surface area contributed by atoms with Crippen molar-refractivity contribution in [2.75, 3.05) is 13.1 Å². The van der Waals surface area contributed by atoms with E-state index in [2.05, 4.69) is 47.3 Å². The van der Waals surface area contributed by atoms with Crippen LogP contribution in [0.1, 0.15) is 46.3 Å². The predicted molar refractivity (Wildman–Crippen MR) is 96.2 cm³/mol. The fourth-order valence-corrected chi connectivity index (χ4v) is 3.60. The van der Waals surface area contributed by atoms with Gasteiger partial charge in [-0.05, 0) is 62.6 Å². The Hall–Kier alpha value is -2.67. The number of carboxylic acid groups (broad SMARTS) is 1. The van der Waals surface area contributed by atoms with Crippen molar-refractivity contribution < 1.29 is 14.3 Å². The van der Waals surface area contributed by atoms with E-state index >= 15 is 0 Å². The summed E-state index contributed by atoms with van der Waals surface area (Å²) in [6.45, 7) is 6.74. The number of carbonyl (C=O) groups is 1. The van der Waals surface area contributed by atoms with Crippen LogP contribution >= 0.6 is 0 Å². The van der Waals surface area contributed by atoms with Crippen molar-refractivity contribution in [1.29, 1.82) is 0 Å². The summed E-state index contributed by atoms with van der Waals surface area (Å²) in [6.07, 6.45) is 3.52. The lowest BCUT2D eigenvalue weighted by Crippen LogP contribution is -2.36. The lowest BCUT2D eigenvalue weighted by Gasteiger charge is -2.31. The van der Waals surface area contributed by atoms with Crippen molar-refractivity contribution in [2.45, 2.75) is 39.3 Å². The van der Waals surface area contributed by atoms with E-state index in [0.717, 1.165) is 49.2 Å². The Balaban J connectivity index is 1.48. The van der Waals surface area contributed by atoms with Gasteiger partial charge in [0.25, 0.3) is 0 Å². The highest BCUT2D eigenvalue weighted by Gasteiger charge is 2.24. The van der Waals surface area contributed by atoms with Crippen LogP contribution in [0.3, 0.4) is 0 Å². The van der Waals surface area contributed by atoms with Crippen LogP contribution < -0.4 is 0 Å². The molecule has 4 rings (SSSR count). The topological polar surface area (TPSA) is 84.4 Å². The Labute approximate surface area is 151 Å². The molecular formula is C19H22N4O3. The lowest BCUT2D eigenvalue weighted by molar-refractivity contribution is 0.0690. The van der Waals surface area contributed by atoms with Gasteiger partial charge in [-0.25, -0.2) is 9.48 Å². The number of hydrogen-bond donors (Lipinski definition) is 1. The summed E-state index contributed by atoms with van der Waals surface area (Å²) in [4.78, 5) is 13.3. The van der Waals surface area contributed by atoms with E-state index in [1.165, 1.54) is 17.3 Å². The number of hydrogen-bond acceptors (Lipinski definition) is 5. The second-order valence-electron chi connectivity index (χ2n) is 7.11. The first-order valence-electron chi connectivity index (χ1n) is 8.87. The molecule has 0 aliphatic carbocycles. The van der Waals surface area contributed by atoms with Gasteiger partial charge in [0, 0.05) is 11.9 Å². The summed E-state index contributed by atoms with van der Waals surface area (Å²) in [5, 5.41) is 17.9. The predicted octanol–water partition coefficient (Wildman–Crippen LogP) is 3.18. The lowest BCUT2D eigenvalue weighted by atomic mass is 10.1. The van der Waals surface area contributed by atoms with Crippen LogP contribution in [-0.2, 0) is 6.54 Å². The summed E-state index contributed by atoms with van der Waals surface area (Å²) >= 11 is 0. The molecule has 3 heterocycles. The summed E-state index contributed by atoms with van der Waals surface area (Å²) in [7, 11) is 0. The molecule has 3 aromatic rings. The van der Waals surface area contributed by atoms with Crippen molar-refractivity contribution in [3.05, 3.63) is 47.0 Å². The molecule has 1 N–H and O–H groups in total. The number of carboxylic acids is 1. The van der Waals surface area contributed by atoms with E-state index in [0.29, 0.717) is 0 Å². The average molecular weight is 354 g/mol. The molecule has 1 unspecified atom stereocenters. The normalized spacial score (nSPS) is 18.5. The number of piperidine rings is 1. The van der Waals surface area contributed by atoms with Gasteiger partial charge in [0.15, 0.2) is 5.69 Å². The molecule has 1 aliphatic rings. The Kier molecular flexibility index (Phi) is 4.24. The number of rotatable bonds is 4. The minimum atomic E-state index is -1.04. The van der Waals surface area contributed by atoms with Crippen LogP contribution in [0.5, 0.6) is 0 Å². The number of aromatic carboxylic acids is 1. The number of likely N-dealkylation sites (tertiary alicyclic amines) is 1. The fourth-order valence-electron chi connectivity index (χ4n) is 3.60. The summed E-state index contributed by atoms with van der Waals surface area (Å²) in [6, 6.07) is 6.51. The van der Waals surface area contributed by atoms with Crippen LogP contribution in [0.25, 0.3) is 11.0 Å². The van der Waals surface area contributed by atoms with Crippen LogP contribution in [0.15, 0.2) is 28.8 Å². The molecule has 136 valence electrons. The molecule has 1 saturated heterocycles. The highest BCUT2D eigenvalue weighted by molar-refractivity contribution is 5.84. The Bertz CT molecular complexity index is 920. The molecule has 0 bridgehead atoms. The molecule has 1 atom stereocenters. The van der Waals surface area contributed by atoms with Crippen LogP contribution in [0.2, 0.25) is 0 Å². The molecule has 1 aliphatic heterocycles. The minimum Gasteiger partial charge on any atom is -0.476 e. The molecule has 7 nitrogen and oxygen atoms in total. The van der Waals surface area contributed by atoms with E-state index in [9.17, 15) is 4.79 Å². The zero-order chi connectivity index (χ0) is 18.3. The second kappa shape index (κ2) is 6.57. The molecule has 1 fully saturated rings. The largest absolute Gasteiger partial charge is 0.476 e. The molecule has 2 aromatic heterocycles. The summed E-state index contributed by atoms with van der Waals surface area (Å²) in [5.74, 6) is -0.0905. The van der Waals surface area contributed by atoms with Gasteiger partial charge in [-0.15, -0.1) is 5.10 Å². The number of furan rings is 1. The zero-order valence-corrected chi connectivity index (χ0v) is 15.0. The van der Waals surface area contributed by atoms with Gasteiger partial charge in [-0.1, -0.05) is 5.21 Å². The van der Waals surface area contributed by atoms with Gasteiger partial charge < -0.3 is 9.52 Å². The highest BCUT2D eigenvalue weighted by atomic mass is 16.4. The fraction of sp³-hybridized carbons (Fsp3) is 0.421. The first-order valence-corrected chi connectivity index (χ1v) is 8.87. The van der Waals surface area contributed by atoms with Gasteiger partial charge in [0.05, 0.1) is 18.8 Å². The number of fused-ring (bicyclic) bond motifs is 1. The molecule has 1 aromatic carbocycles. The Morgan fingerprint density at radius 1 is 1.31 bits per heavy atom. The van der Waals surface area contributed by atoms with E-state index in [1.54, 1.807) is 4.68 Å². The first kappa shape index (κ1) is 16.8. The molecule has 0 radical (unpaired) electrons. The van der Waals surface area contributed by atoms with Crippen molar-refractivity contribution in [3.8, 4) is 0 Å². The number of aromatic nitrogens is 3. The van der Waals surface area contributed by atoms with Crippen molar-refractivity contribution in [1.82, 2.24) is 19.9 Å². The molecular weight excluding hydrogens is 332 g/mol. The molecule has 0 amide bonds. The smallest absolute Gasteiger partial charge is 0.358 e. The number of nitrogens with zero attached hydrogens (tertiary/aromatic N) is 4. The zero-order valence-electron chi connectivity index (χ0n) is 15.0. The van der Waals surface area contributed by atoms with Crippen LogP contribution in [-0.4, -0.2) is 44.1 Å². The molecule has 26 heavy (non-hydrogen) atoms. The summed E-state index contributed by atoms with van der Waals surface area (Å²) < 4.78 is 7.71. The number of aryl methyl sites for hydroxylation is 2. The van der Waals surface area contributed by atoms with E-state index in [-0.39, 0.29) is 11.7 Å². The van der Waals surface area contributed by atoms with E-state index in [4.69, 9.17) is 9.52 Å². The van der Waals surface area contributed by atoms with Gasteiger partial charge in [-0.2, -0.15) is 0 Å². The quantitative estimate of drug-likeness (QED) is 0.775. The average Bonchev–Trinajstić information content (AvgIpc) is 3.23. The maximum absolute atomic E-state index is 11.0. The van der Waals surface area contributed by atoms with Gasteiger partial charge >= 0.3 is 5.97 Å². The van der Waals surface area contributed by atoms with Gasteiger partial charge in [0.2, 0.25) is 0 Å². The Morgan fingerprint density at radius 3 is 2.88 bits per heavy atom. The summed E-state index contributed by atoms with van der Waals surface area (Å²) in [5.41, 5.74) is 3.42. The standard InChI is InChI=1S/C19H22N4O3/c1-12-6-14-8-16(26-18(14)7-13(12)2)10-22-5-3-4-15(9-22)23-11-17(19(24)25)20-21-23/h6-8,11,15H,3-5,9-10H2,1-2H3,(H,24,25). The maximum atomic E-state index is 11.0.